The molecule has 5 heteroatoms. The molecule has 2 N–H and O–H groups in total. The summed E-state index contributed by atoms with van der Waals surface area (Å²) in [6.07, 6.45) is 3.56. The van der Waals surface area contributed by atoms with Crippen molar-refractivity contribution in [1.29, 1.82) is 0 Å². The zero-order valence-corrected chi connectivity index (χ0v) is 15.3. The average molecular weight is 345 g/mol. The summed E-state index contributed by atoms with van der Waals surface area (Å²) >= 11 is 0. The van der Waals surface area contributed by atoms with Crippen molar-refractivity contribution in [2.24, 2.45) is 5.92 Å². The molecule has 2 saturated heterocycles. The van der Waals surface area contributed by atoms with E-state index in [0.29, 0.717) is 31.8 Å². The smallest absolute Gasteiger partial charge is 0.317 e. The number of piperidine rings is 1. The topological polar surface area (TPSA) is 55.8 Å². The van der Waals surface area contributed by atoms with Gasteiger partial charge in [0.25, 0.3) is 0 Å². The van der Waals surface area contributed by atoms with Crippen molar-refractivity contribution in [2.45, 2.75) is 38.2 Å². The molecule has 25 heavy (non-hydrogen) atoms. The molecule has 0 radical (unpaired) electrons. The number of carbonyl (C=O) groups excluding carboxylic acids is 1. The number of nitrogens with zero attached hydrogens (tertiary/aromatic N) is 2. The van der Waals surface area contributed by atoms with E-state index in [1.807, 2.05) is 35.2 Å². The van der Waals surface area contributed by atoms with Crippen LogP contribution in [-0.4, -0.2) is 60.2 Å². The van der Waals surface area contributed by atoms with Crippen LogP contribution >= 0.6 is 0 Å². The molecule has 3 rings (SSSR count). The maximum atomic E-state index is 12.4. The summed E-state index contributed by atoms with van der Waals surface area (Å²) in [6.45, 7) is 7.59. The van der Waals surface area contributed by atoms with Gasteiger partial charge in [0.05, 0.1) is 5.60 Å². The molecule has 2 amide bonds. The Balaban J connectivity index is 1.43. The quantitative estimate of drug-likeness (QED) is 0.862. The van der Waals surface area contributed by atoms with Gasteiger partial charge in [-0.3, -0.25) is 0 Å². The molecule has 0 unspecified atom stereocenters. The third-order valence-electron chi connectivity index (χ3n) is 5.64. The Labute approximate surface area is 151 Å². The van der Waals surface area contributed by atoms with Crippen LogP contribution in [-0.2, 0) is 5.60 Å². The first kappa shape index (κ1) is 18.2. The van der Waals surface area contributed by atoms with Crippen molar-refractivity contribution in [2.75, 3.05) is 39.3 Å². The summed E-state index contributed by atoms with van der Waals surface area (Å²) in [7, 11) is 0. The molecule has 0 aliphatic carbocycles. The predicted molar refractivity (Wildman–Crippen MR) is 99.4 cm³/mol. The molecule has 1 aromatic carbocycles. The number of benzene rings is 1. The number of nitrogens with one attached hydrogen (secondary N) is 1. The molecule has 2 aliphatic heterocycles. The highest BCUT2D eigenvalue weighted by Gasteiger charge is 2.35. The van der Waals surface area contributed by atoms with Gasteiger partial charge in [0.1, 0.15) is 0 Å². The summed E-state index contributed by atoms with van der Waals surface area (Å²) in [5, 5.41) is 14.0. The monoisotopic (exact) mass is 345 g/mol. The van der Waals surface area contributed by atoms with Crippen LogP contribution in [0.15, 0.2) is 30.3 Å². The Kier molecular flexibility index (Phi) is 5.97. The van der Waals surface area contributed by atoms with E-state index in [4.69, 9.17) is 0 Å². The van der Waals surface area contributed by atoms with Gasteiger partial charge in [-0.2, -0.15) is 0 Å². The van der Waals surface area contributed by atoms with E-state index in [-0.39, 0.29) is 6.03 Å². The Hall–Kier alpha value is -1.59. The SMILES string of the molecule is CCCN1CC[C@@H](CNC(=O)N2CCC(O)(c3ccccc3)CC2)C1. The maximum absolute atomic E-state index is 12.4. The number of hydrogen-bond acceptors (Lipinski definition) is 3. The molecule has 5 nitrogen and oxygen atoms in total. The van der Waals surface area contributed by atoms with Crippen molar-refractivity contribution in [3.63, 3.8) is 0 Å². The van der Waals surface area contributed by atoms with E-state index < -0.39 is 5.60 Å². The molecule has 2 aliphatic rings. The van der Waals surface area contributed by atoms with E-state index in [2.05, 4.69) is 17.1 Å². The summed E-state index contributed by atoms with van der Waals surface area (Å²) in [5.74, 6) is 0.571. The van der Waals surface area contributed by atoms with Crippen LogP contribution in [0.1, 0.15) is 38.2 Å². The Bertz CT molecular complexity index is 555. The number of aliphatic hydroxyl groups is 1. The highest BCUT2D eigenvalue weighted by molar-refractivity contribution is 5.74. The first-order valence-electron chi connectivity index (χ1n) is 9.64. The second kappa shape index (κ2) is 8.19. The molecule has 2 fully saturated rings. The van der Waals surface area contributed by atoms with Crippen LogP contribution in [0.2, 0.25) is 0 Å². The van der Waals surface area contributed by atoms with Gasteiger partial charge in [-0.15, -0.1) is 0 Å². The molecular formula is C20H31N3O2. The number of amides is 2. The van der Waals surface area contributed by atoms with Gasteiger partial charge in [0, 0.05) is 26.2 Å². The van der Waals surface area contributed by atoms with Gasteiger partial charge in [0.2, 0.25) is 0 Å². The van der Waals surface area contributed by atoms with E-state index in [9.17, 15) is 9.90 Å². The van der Waals surface area contributed by atoms with Crippen molar-refractivity contribution in [1.82, 2.24) is 15.1 Å². The molecule has 0 spiro atoms. The Morgan fingerprint density at radius 3 is 2.64 bits per heavy atom. The fraction of sp³-hybridized carbons (Fsp3) is 0.650. The molecule has 138 valence electrons. The molecule has 0 aromatic heterocycles. The third kappa shape index (κ3) is 4.53. The van der Waals surface area contributed by atoms with Crippen LogP contribution in [0.25, 0.3) is 0 Å². The zero-order valence-electron chi connectivity index (χ0n) is 15.3. The first-order valence-corrected chi connectivity index (χ1v) is 9.64. The largest absolute Gasteiger partial charge is 0.385 e. The lowest BCUT2D eigenvalue weighted by molar-refractivity contribution is -0.0168. The Morgan fingerprint density at radius 1 is 1.24 bits per heavy atom. The molecule has 0 bridgehead atoms. The zero-order chi connectivity index (χ0) is 17.7. The van der Waals surface area contributed by atoms with Gasteiger partial charge >= 0.3 is 6.03 Å². The highest BCUT2D eigenvalue weighted by Crippen LogP contribution is 2.32. The van der Waals surface area contributed by atoms with E-state index >= 15 is 0 Å². The van der Waals surface area contributed by atoms with E-state index in [0.717, 1.165) is 31.7 Å². The fourth-order valence-electron chi connectivity index (χ4n) is 4.06. The second-order valence-electron chi connectivity index (χ2n) is 7.53. The van der Waals surface area contributed by atoms with Gasteiger partial charge in [-0.05, 0) is 50.3 Å². The molecule has 1 atom stereocenters. The summed E-state index contributed by atoms with van der Waals surface area (Å²) in [4.78, 5) is 16.8. The van der Waals surface area contributed by atoms with Gasteiger partial charge in [0.15, 0.2) is 0 Å². The number of carbonyl (C=O) groups is 1. The normalized spacial score (nSPS) is 23.6. The number of rotatable bonds is 5. The Morgan fingerprint density at radius 2 is 1.96 bits per heavy atom. The van der Waals surface area contributed by atoms with Crippen molar-refractivity contribution < 1.29 is 9.90 Å². The van der Waals surface area contributed by atoms with Crippen molar-refractivity contribution in [3.05, 3.63) is 35.9 Å². The van der Waals surface area contributed by atoms with Gasteiger partial charge < -0.3 is 20.2 Å². The van der Waals surface area contributed by atoms with Crippen LogP contribution in [0, 0.1) is 5.92 Å². The first-order chi connectivity index (χ1) is 12.1. The summed E-state index contributed by atoms with van der Waals surface area (Å²) in [6, 6.07) is 9.82. The average Bonchev–Trinajstić information content (AvgIpc) is 3.09. The number of likely N-dealkylation sites (tertiary alicyclic amines) is 2. The van der Waals surface area contributed by atoms with E-state index in [1.165, 1.54) is 12.8 Å². The molecule has 2 heterocycles. The van der Waals surface area contributed by atoms with Crippen LogP contribution in [0.4, 0.5) is 4.79 Å². The molecular weight excluding hydrogens is 314 g/mol. The third-order valence-corrected chi connectivity index (χ3v) is 5.64. The lowest BCUT2D eigenvalue weighted by atomic mass is 9.84. The van der Waals surface area contributed by atoms with E-state index in [1.54, 1.807) is 0 Å². The molecule has 1 aromatic rings. The lowest BCUT2D eigenvalue weighted by Gasteiger charge is -2.38. The second-order valence-corrected chi connectivity index (χ2v) is 7.53. The van der Waals surface area contributed by atoms with Gasteiger partial charge in [-0.25, -0.2) is 4.79 Å². The highest BCUT2D eigenvalue weighted by atomic mass is 16.3. The van der Waals surface area contributed by atoms with Crippen molar-refractivity contribution >= 4 is 6.03 Å². The summed E-state index contributed by atoms with van der Waals surface area (Å²) in [5.41, 5.74) is 0.154. The summed E-state index contributed by atoms with van der Waals surface area (Å²) < 4.78 is 0. The maximum Gasteiger partial charge on any atom is 0.317 e. The minimum Gasteiger partial charge on any atom is -0.385 e. The molecule has 0 saturated carbocycles. The predicted octanol–water partition coefficient (Wildman–Crippen LogP) is 2.41. The standard InChI is InChI=1S/C20H31N3O2/c1-2-11-22-12-8-17(16-22)15-21-19(24)23-13-9-20(25,10-14-23)18-6-4-3-5-7-18/h3-7,17,25H,2,8-16H2,1H3,(H,21,24)/t17-/m0/s1. The fourth-order valence-corrected chi connectivity index (χ4v) is 4.06. The van der Waals surface area contributed by atoms with Gasteiger partial charge in [-0.1, -0.05) is 37.3 Å². The number of hydrogen-bond donors (Lipinski definition) is 2. The minimum atomic E-state index is -0.801. The van der Waals surface area contributed by atoms with Crippen LogP contribution in [0.5, 0.6) is 0 Å². The lowest BCUT2D eigenvalue weighted by Crippen LogP contribution is -2.49. The van der Waals surface area contributed by atoms with Crippen LogP contribution < -0.4 is 5.32 Å². The minimum absolute atomic E-state index is 0.0176. The van der Waals surface area contributed by atoms with Crippen LogP contribution in [0.3, 0.4) is 0 Å². The van der Waals surface area contributed by atoms with Crippen molar-refractivity contribution in [3.8, 4) is 0 Å². The number of urea groups is 1.